The van der Waals surface area contributed by atoms with Crippen molar-refractivity contribution in [1.29, 1.82) is 5.41 Å². The minimum atomic E-state index is -3.81. The van der Waals surface area contributed by atoms with E-state index < -0.39 is 16.0 Å². The van der Waals surface area contributed by atoms with E-state index >= 15 is 0 Å². The Bertz CT molecular complexity index is 1120. The summed E-state index contributed by atoms with van der Waals surface area (Å²) in [6.45, 7) is -0.299. The first kappa shape index (κ1) is 20.1. The van der Waals surface area contributed by atoms with Gasteiger partial charge >= 0.3 is 5.97 Å². The SMILES string of the molecule is N=C(COC(=O)c1ccc(Cl)cc1)c1ccn(S(=O)(=O)c2ccc(Cl)cc2)c1. The summed E-state index contributed by atoms with van der Waals surface area (Å²) in [5.41, 5.74) is 0.592. The van der Waals surface area contributed by atoms with Crippen LogP contribution in [0.3, 0.4) is 0 Å². The molecule has 0 fully saturated rings. The van der Waals surface area contributed by atoms with Crippen LogP contribution >= 0.6 is 23.2 Å². The number of aromatic nitrogens is 1. The van der Waals surface area contributed by atoms with Crippen molar-refractivity contribution in [3.8, 4) is 0 Å². The maximum Gasteiger partial charge on any atom is 0.338 e. The van der Waals surface area contributed by atoms with Crippen molar-refractivity contribution >= 4 is 44.9 Å². The van der Waals surface area contributed by atoms with E-state index in [0.717, 1.165) is 3.97 Å². The Labute approximate surface area is 171 Å². The molecule has 0 aliphatic carbocycles. The Morgan fingerprint density at radius 1 is 0.929 bits per heavy atom. The number of esters is 1. The van der Waals surface area contributed by atoms with Gasteiger partial charge in [0.2, 0.25) is 0 Å². The predicted octanol–water partition coefficient (Wildman–Crippen LogP) is 4.26. The highest BCUT2D eigenvalue weighted by molar-refractivity contribution is 7.90. The molecular formula is C19H14Cl2N2O4S. The summed E-state index contributed by atoms with van der Waals surface area (Å²) in [5, 5.41) is 8.97. The lowest BCUT2D eigenvalue weighted by atomic mass is 10.2. The van der Waals surface area contributed by atoms with Crippen molar-refractivity contribution in [1.82, 2.24) is 3.97 Å². The number of hydrogen-bond donors (Lipinski definition) is 1. The van der Waals surface area contributed by atoms with Crippen molar-refractivity contribution in [3.63, 3.8) is 0 Å². The first-order valence-corrected chi connectivity index (χ1v) is 10.2. The standard InChI is InChI=1S/C19H14Cl2N2O4S/c20-15-3-1-13(2-4-15)19(24)27-12-18(22)14-9-10-23(11-14)28(25,26)17-7-5-16(21)6-8-17/h1-11,22H,12H2. The van der Waals surface area contributed by atoms with Crippen LogP contribution < -0.4 is 0 Å². The third-order valence-electron chi connectivity index (χ3n) is 3.83. The fourth-order valence-corrected chi connectivity index (χ4v) is 3.77. The zero-order valence-corrected chi connectivity index (χ0v) is 16.6. The van der Waals surface area contributed by atoms with Crippen LogP contribution in [0.2, 0.25) is 10.0 Å². The molecule has 2 aromatic carbocycles. The Hall–Kier alpha value is -2.61. The van der Waals surface area contributed by atoms with Gasteiger partial charge in [-0.1, -0.05) is 23.2 Å². The number of rotatable bonds is 6. The first-order chi connectivity index (χ1) is 13.3. The maximum absolute atomic E-state index is 12.6. The highest BCUT2D eigenvalue weighted by Crippen LogP contribution is 2.18. The first-order valence-electron chi connectivity index (χ1n) is 7.97. The van der Waals surface area contributed by atoms with Gasteiger partial charge in [0, 0.05) is 28.0 Å². The summed E-state index contributed by atoms with van der Waals surface area (Å²) >= 11 is 11.6. The van der Waals surface area contributed by atoms with Gasteiger partial charge in [-0.3, -0.25) is 0 Å². The lowest BCUT2D eigenvalue weighted by Gasteiger charge is -2.07. The minimum absolute atomic E-state index is 0.0348. The molecule has 0 aliphatic heterocycles. The van der Waals surface area contributed by atoms with Crippen LogP contribution in [0.4, 0.5) is 0 Å². The molecule has 9 heteroatoms. The van der Waals surface area contributed by atoms with Gasteiger partial charge in [0.05, 0.1) is 16.2 Å². The molecule has 3 aromatic rings. The van der Waals surface area contributed by atoms with Crippen LogP contribution in [-0.4, -0.2) is 30.7 Å². The van der Waals surface area contributed by atoms with Crippen molar-refractivity contribution in [2.24, 2.45) is 0 Å². The minimum Gasteiger partial charge on any atom is -0.456 e. The van der Waals surface area contributed by atoms with Gasteiger partial charge in [-0.2, -0.15) is 0 Å². The molecule has 0 saturated carbocycles. The van der Waals surface area contributed by atoms with Crippen LogP contribution in [0.25, 0.3) is 0 Å². The summed E-state index contributed by atoms with van der Waals surface area (Å²) in [4.78, 5) is 12.1. The molecular weight excluding hydrogens is 423 g/mol. The molecule has 144 valence electrons. The van der Waals surface area contributed by atoms with Gasteiger partial charge in [0.1, 0.15) is 6.61 Å². The number of nitrogens with zero attached hydrogens (tertiary/aromatic N) is 1. The second kappa shape index (κ2) is 8.18. The van der Waals surface area contributed by atoms with Crippen molar-refractivity contribution in [3.05, 3.63) is 88.2 Å². The van der Waals surface area contributed by atoms with Crippen LogP contribution in [0, 0.1) is 5.41 Å². The number of halogens is 2. The Morgan fingerprint density at radius 2 is 1.50 bits per heavy atom. The maximum atomic E-state index is 12.6. The van der Waals surface area contributed by atoms with E-state index in [9.17, 15) is 13.2 Å². The molecule has 28 heavy (non-hydrogen) atoms. The number of carbonyl (C=O) groups excluding carboxylic acids is 1. The second-order valence-corrected chi connectivity index (χ2v) is 8.47. The van der Waals surface area contributed by atoms with E-state index in [-0.39, 0.29) is 17.2 Å². The van der Waals surface area contributed by atoms with E-state index in [2.05, 4.69) is 0 Å². The van der Waals surface area contributed by atoms with Crippen LogP contribution in [0.1, 0.15) is 15.9 Å². The van der Waals surface area contributed by atoms with Gasteiger partial charge in [0.25, 0.3) is 10.0 Å². The van der Waals surface area contributed by atoms with Gasteiger partial charge < -0.3 is 10.1 Å². The molecule has 0 spiro atoms. The molecule has 0 unspecified atom stereocenters. The van der Waals surface area contributed by atoms with Gasteiger partial charge in [-0.25, -0.2) is 17.2 Å². The van der Waals surface area contributed by atoms with E-state index in [1.54, 1.807) is 12.1 Å². The van der Waals surface area contributed by atoms with Gasteiger partial charge in [-0.05, 0) is 54.6 Å². The Morgan fingerprint density at radius 3 is 2.11 bits per heavy atom. The van der Waals surface area contributed by atoms with Crippen LogP contribution in [0.5, 0.6) is 0 Å². The lowest BCUT2D eigenvalue weighted by Crippen LogP contribution is -2.14. The highest BCUT2D eigenvalue weighted by atomic mass is 35.5. The van der Waals surface area contributed by atoms with E-state index in [0.29, 0.717) is 21.2 Å². The fraction of sp³-hybridized carbons (Fsp3) is 0.0526. The highest BCUT2D eigenvalue weighted by Gasteiger charge is 2.18. The Kier molecular flexibility index (Phi) is 5.88. The smallest absolute Gasteiger partial charge is 0.338 e. The third-order valence-corrected chi connectivity index (χ3v) is 5.99. The van der Waals surface area contributed by atoms with E-state index in [1.807, 2.05) is 0 Å². The summed E-state index contributed by atoms with van der Waals surface area (Å²) in [5.74, 6) is -0.602. The Balaban J connectivity index is 1.69. The zero-order chi connectivity index (χ0) is 20.3. The van der Waals surface area contributed by atoms with Gasteiger partial charge in [-0.15, -0.1) is 0 Å². The number of carbonyl (C=O) groups is 1. The number of nitrogens with one attached hydrogen (secondary N) is 1. The number of ether oxygens (including phenoxy) is 1. The molecule has 0 radical (unpaired) electrons. The monoisotopic (exact) mass is 436 g/mol. The molecule has 3 rings (SSSR count). The molecule has 1 heterocycles. The average molecular weight is 437 g/mol. The molecule has 0 bridgehead atoms. The van der Waals surface area contributed by atoms with Crippen LogP contribution in [-0.2, 0) is 14.8 Å². The molecule has 1 aromatic heterocycles. The fourth-order valence-electron chi connectivity index (χ4n) is 2.32. The molecule has 0 saturated heterocycles. The zero-order valence-electron chi connectivity index (χ0n) is 14.3. The second-order valence-electron chi connectivity index (χ2n) is 5.75. The van der Waals surface area contributed by atoms with Crippen molar-refractivity contribution in [2.75, 3.05) is 6.61 Å². The largest absolute Gasteiger partial charge is 0.456 e. The molecule has 0 amide bonds. The molecule has 1 N–H and O–H groups in total. The predicted molar refractivity (Wildman–Crippen MR) is 107 cm³/mol. The van der Waals surface area contributed by atoms with E-state index in [4.69, 9.17) is 33.3 Å². The van der Waals surface area contributed by atoms with Crippen molar-refractivity contribution < 1.29 is 17.9 Å². The lowest BCUT2D eigenvalue weighted by molar-refractivity contribution is 0.0563. The summed E-state index contributed by atoms with van der Waals surface area (Å²) in [6, 6.07) is 13.4. The van der Waals surface area contributed by atoms with E-state index in [1.165, 1.54) is 54.9 Å². The topological polar surface area (TPSA) is 89.2 Å². The third kappa shape index (κ3) is 4.44. The molecule has 6 nitrogen and oxygen atoms in total. The van der Waals surface area contributed by atoms with Crippen molar-refractivity contribution in [2.45, 2.75) is 4.90 Å². The van der Waals surface area contributed by atoms with Crippen LogP contribution in [0.15, 0.2) is 71.9 Å². The number of hydrogen-bond acceptors (Lipinski definition) is 5. The van der Waals surface area contributed by atoms with Gasteiger partial charge in [0.15, 0.2) is 0 Å². The summed E-state index contributed by atoms with van der Waals surface area (Å²) in [7, 11) is -3.81. The molecule has 0 atom stereocenters. The normalized spacial score (nSPS) is 11.2. The summed E-state index contributed by atoms with van der Waals surface area (Å²) in [6.07, 6.45) is 2.62. The number of benzene rings is 2. The molecule has 0 aliphatic rings. The quantitative estimate of drug-likeness (QED) is 0.461. The summed E-state index contributed by atoms with van der Waals surface area (Å²) < 4.78 is 31.3. The average Bonchev–Trinajstić information content (AvgIpc) is 3.18.